The molecule has 0 amide bonds. The zero-order valence-electron chi connectivity index (χ0n) is 10.9. The minimum Gasteiger partial charge on any atom is -0.316 e. The molecule has 1 saturated carbocycles. The van der Waals surface area contributed by atoms with Gasteiger partial charge in [0.1, 0.15) is 0 Å². The molecule has 0 radical (unpaired) electrons. The van der Waals surface area contributed by atoms with Crippen molar-refractivity contribution in [2.75, 3.05) is 26.2 Å². The highest BCUT2D eigenvalue weighted by Crippen LogP contribution is 2.42. The number of nitrogens with one attached hydrogen (secondary N) is 1. The van der Waals surface area contributed by atoms with E-state index >= 15 is 0 Å². The van der Waals surface area contributed by atoms with Crippen molar-refractivity contribution < 1.29 is 0 Å². The monoisotopic (exact) mass is 242 g/mol. The second-order valence-corrected chi connectivity index (χ2v) is 6.35. The van der Waals surface area contributed by atoms with E-state index in [1.54, 1.807) is 11.1 Å². The van der Waals surface area contributed by atoms with Gasteiger partial charge in [-0.05, 0) is 54.8 Å². The molecule has 2 atom stereocenters. The highest BCUT2D eigenvalue weighted by Gasteiger charge is 2.36. The van der Waals surface area contributed by atoms with Gasteiger partial charge < -0.3 is 5.32 Å². The van der Waals surface area contributed by atoms with E-state index in [9.17, 15) is 0 Å². The number of hydrogen-bond acceptors (Lipinski definition) is 2. The fraction of sp³-hybridized carbons (Fsp3) is 0.625. The highest BCUT2D eigenvalue weighted by molar-refractivity contribution is 5.33. The summed E-state index contributed by atoms with van der Waals surface area (Å²) >= 11 is 0. The molecule has 4 rings (SSSR count). The molecule has 1 aromatic rings. The number of hydrogen-bond donors (Lipinski definition) is 1. The summed E-state index contributed by atoms with van der Waals surface area (Å²) in [4.78, 5) is 2.68. The van der Waals surface area contributed by atoms with E-state index in [-0.39, 0.29) is 0 Å². The Morgan fingerprint density at radius 3 is 2.50 bits per heavy atom. The van der Waals surface area contributed by atoms with E-state index in [4.69, 9.17) is 0 Å². The molecule has 2 heteroatoms. The van der Waals surface area contributed by atoms with Crippen LogP contribution in [0.15, 0.2) is 24.3 Å². The van der Waals surface area contributed by atoms with Crippen molar-refractivity contribution in [2.24, 2.45) is 11.8 Å². The molecule has 18 heavy (non-hydrogen) atoms. The molecule has 0 unspecified atom stereocenters. The summed E-state index contributed by atoms with van der Waals surface area (Å²) in [6, 6.07) is 9.12. The molecule has 3 fully saturated rings. The molecule has 2 heterocycles. The fourth-order valence-corrected chi connectivity index (χ4v) is 3.79. The predicted octanol–water partition coefficient (Wildman–Crippen LogP) is 2.22. The summed E-state index contributed by atoms with van der Waals surface area (Å²) in [7, 11) is 0. The maximum atomic E-state index is 3.52. The van der Waals surface area contributed by atoms with Crippen LogP contribution in [0.5, 0.6) is 0 Å². The van der Waals surface area contributed by atoms with Gasteiger partial charge in [0.25, 0.3) is 0 Å². The second-order valence-electron chi connectivity index (χ2n) is 6.35. The minimum atomic E-state index is 0.880. The second kappa shape index (κ2) is 4.36. The normalized spacial score (nSPS) is 31.8. The first kappa shape index (κ1) is 11.0. The van der Waals surface area contributed by atoms with E-state index in [1.165, 1.54) is 45.6 Å². The van der Waals surface area contributed by atoms with Crippen LogP contribution in [0.1, 0.15) is 29.9 Å². The fourth-order valence-electron chi connectivity index (χ4n) is 3.79. The Bertz CT molecular complexity index is 426. The molecule has 1 N–H and O–H groups in total. The molecule has 2 nitrogen and oxygen atoms in total. The van der Waals surface area contributed by atoms with Crippen LogP contribution >= 0.6 is 0 Å². The maximum Gasteiger partial charge on any atom is 0.0236 e. The Morgan fingerprint density at radius 1 is 1.06 bits per heavy atom. The number of likely N-dealkylation sites (tertiary alicyclic amines) is 1. The molecule has 1 aliphatic carbocycles. The van der Waals surface area contributed by atoms with Gasteiger partial charge in [0.05, 0.1) is 0 Å². The Labute approximate surface area is 109 Å². The molecule has 2 aliphatic heterocycles. The number of benzene rings is 1. The van der Waals surface area contributed by atoms with Gasteiger partial charge in [-0.25, -0.2) is 0 Å². The smallest absolute Gasteiger partial charge is 0.0236 e. The standard InChI is InChI=1S/C16H22N2/c1-2-4-16(12-5-6-12)13(3-1)9-18-10-14-7-17-8-15(14)11-18/h1-4,12,14-15,17H,5-11H2/t14-,15+. The van der Waals surface area contributed by atoms with Crippen molar-refractivity contribution >= 4 is 0 Å². The number of rotatable bonds is 3. The van der Waals surface area contributed by atoms with Gasteiger partial charge in [0.15, 0.2) is 0 Å². The molecule has 1 aromatic carbocycles. The lowest BCUT2D eigenvalue weighted by molar-refractivity contribution is 0.305. The lowest BCUT2D eigenvalue weighted by Gasteiger charge is -2.19. The summed E-state index contributed by atoms with van der Waals surface area (Å²) in [6.45, 7) is 6.27. The first-order valence-corrected chi connectivity index (χ1v) is 7.41. The van der Waals surface area contributed by atoms with Crippen LogP contribution in [0.2, 0.25) is 0 Å². The van der Waals surface area contributed by atoms with Crippen LogP contribution in [0.4, 0.5) is 0 Å². The Morgan fingerprint density at radius 2 is 1.78 bits per heavy atom. The van der Waals surface area contributed by atoms with Crippen molar-refractivity contribution in [1.29, 1.82) is 0 Å². The maximum absolute atomic E-state index is 3.52. The van der Waals surface area contributed by atoms with Gasteiger partial charge in [-0.1, -0.05) is 24.3 Å². The van der Waals surface area contributed by atoms with Crippen LogP contribution in [-0.2, 0) is 6.54 Å². The average Bonchev–Trinajstić information content (AvgIpc) is 3.01. The summed E-state index contributed by atoms with van der Waals surface area (Å²) < 4.78 is 0. The van der Waals surface area contributed by atoms with Crippen LogP contribution in [-0.4, -0.2) is 31.1 Å². The summed E-state index contributed by atoms with van der Waals surface area (Å²) in [5, 5.41) is 3.52. The van der Waals surface area contributed by atoms with Crippen LogP contribution in [0, 0.1) is 11.8 Å². The first-order valence-electron chi connectivity index (χ1n) is 7.41. The summed E-state index contributed by atoms with van der Waals surface area (Å²) in [6.07, 6.45) is 2.82. The third kappa shape index (κ3) is 1.98. The van der Waals surface area contributed by atoms with E-state index in [2.05, 4.69) is 34.5 Å². The zero-order chi connectivity index (χ0) is 11.9. The molecular weight excluding hydrogens is 220 g/mol. The largest absolute Gasteiger partial charge is 0.316 e. The SMILES string of the molecule is c1ccc(C2CC2)c(CN2C[C@H]3CNC[C@H]3C2)c1. The third-order valence-corrected chi connectivity index (χ3v) is 4.93. The van der Waals surface area contributed by atoms with Crippen LogP contribution in [0.3, 0.4) is 0 Å². The van der Waals surface area contributed by atoms with E-state index in [0.29, 0.717) is 0 Å². The molecule has 0 bridgehead atoms. The van der Waals surface area contributed by atoms with Crippen molar-refractivity contribution in [1.82, 2.24) is 10.2 Å². The molecule has 0 aromatic heterocycles. The molecule has 0 spiro atoms. The van der Waals surface area contributed by atoms with E-state index < -0.39 is 0 Å². The predicted molar refractivity (Wildman–Crippen MR) is 73.5 cm³/mol. The van der Waals surface area contributed by atoms with Gasteiger partial charge in [-0.15, -0.1) is 0 Å². The first-order chi connectivity index (χ1) is 8.90. The molecular formula is C16H22N2. The van der Waals surface area contributed by atoms with Gasteiger partial charge >= 0.3 is 0 Å². The summed E-state index contributed by atoms with van der Waals surface area (Å²) in [5.41, 5.74) is 3.22. The Balaban J connectivity index is 1.48. The van der Waals surface area contributed by atoms with Gasteiger partial charge in [-0.3, -0.25) is 4.90 Å². The van der Waals surface area contributed by atoms with Crippen molar-refractivity contribution in [3.63, 3.8) is 0 Å². The molecule has 3 aliphatic rings. The van der Waals surface area contributed by atoms with Crippen LogP contribution < -0.4 is 5.32 Å². The van der Waals surface area contributed by atoms with Crippen molar-refractivity contribution in [3.05, 3.63) is 35.4 Å². The lowest BCUT2D eigenvalue weighted by atomic mass is 10.0. The lowest BCUT2D eigenvalue weighted by Crippen LogP contribution is -2.25. The van der Waals surface area contributed by atoms with Gasteiger partial charge in [0.2, 0.25) is 0 Å². The van der Waals surface area contributed by atoms with E-state index in [1.807, 2.05) is 0 Å². The molecule has 96 valence electrons. The van der Waals surface area contributed by atoms with Gasteiger partial charge in [0, 0.05) is 19.6 Å². The van der Waals surface area contributed by atoms with Crippen LogP contribution in [0.25, 0.3) is 0 Å². The Kier molecular flexibility index (Phi) is 2.66. The van der Waals surface area contributed by atoms with Crippen molar-refractivity contribution in [3.8, 4) is 0 Å². The van der Waals surface area contributed by atoms with Gasteiger partial charge in [-0.2, -0.15) is 0 Å². The van der Waals surface area contributed by atoms with E-state index in [0.717, 1.165) is 17.8 Å². The number of fused-ring (bicyclic) bond motifs is 1. The summed E-state index contributed by atoms with van der Waals surface area (Å²) in [5.74, 6) is 2.71. The topological polar surface area (TPSA) is 15.3 Å². The van der Waals surface area contributed by atoms with Crippen molar-refractivity contribution in [2.45, 2.75) is 25.3 Å². The molecule has 2 saturated heterocycles. The average molecular weight is 242 g/mol. The quantitative estimate of drug-likeness (QED) is 0.874. The Hall–Kier alpha value is -0.860. The zero-order valence-corrected chi connectivity index (χ0v) is 10.9. The number of nitrogens with zero attached hydrogens (tertiary/aromatic N) is 1. The highest BCUT2D eigenvalue weighted by atomic mass is 15.2. The minimum absolute atomic E-state index is 0.880. The third-order valence-electron chi connectivity index (χ3n) is 4.93.